The molecule has 2 N–H and O–H groups in total. The molecule has 0 radical (unpaired) electrons. The van der Waals surface area contributed by atoms with Crippen LogP contribution < -0.4 is 10.6 Å². The van der Waals surface area contributed by atoms with Crippen LogP contribution in [-0.4, -0.2) is 29.2 Å². The van der Waals surface area contributed by atoms with E-state index in [1.165, 1.54) is 0 Å². The molecule has 0 amide bonds. The van der Waals surface area contributed by atoms with E-state index < -0.39 is 0 Å². The van der Waals surface area contributed by atoms with Crippen LogP contribution in [0.15, 0.2) is 4.99 Å². The molecule has 0 aliphatic heterocycles. The molecular weight excluding hydrogens is 246 g/mol. The van der Waals surface area contributed by atoms with Crippen LogP contribution in [-0.2, 0) is 6.54 Å². The van der Waals surface area contributed by atoms with E-state index in [1.54, 1.807) is 11.3 Å². The molecule has 0 aliphatic rings. The van der Waals surface area contributed by atoms with Crippen molar-refractivity contribution >= 4 is 17.3 Å². The summed E-state index contributed by atoms with van der Waals surface area (Å²) in [4.78, 5) is 4.40. The van der Waals surface area contributed by atoms with Crippen molar-refractivity contribution in [1.29, 1.82) is 0 Å². The lowest BCUT2D eigenvalue weighted by atomic mass is 10.2. The summed E-state index contributed by atoms with van der Waals surface area (Å²) in [5, 5.41) is 16.3. The first-order valence-corrected chi connectivity index (χ1v) is 6.77. The number of guanidine groups is 1. The topological polar surface area (TPSA) is 62.2 Å². The molecule has 0 saturated carbocycles. The summed E-state index contributed by atoms with van der Waals surface area (Å²) >= 11 is 1.60. The standard InChI is InChI=1S/C12H19N5S/c1-5-7-14-12(13-6-2)15-8-10-16-17-11(18-10)9(3)4/h1,9H,6-8H2,2-4H3,(H2,13,14,15). The minimum Gasteiger partial charge on any atom is -0.357 e. The number of nitrogens with one attached hydrogen (secondary N) is 2. The van der Waals surface area contributed by atoms with Gasteiger partial charge in [-0.1, -0.05) is 31.1 Å². The molecule has 1 rings (SSSR count). The number of hydrogen-bond donors (Lipinski definition) is 2. The molecular formula is C12H19N5S. The summed E-state index contributed by atoms with van der Waals surface area (Å²) in [6.45, 7) is 7.99. The van der Waals surface area contributed by atoms with Gasteiger partial charge in [0.05, 0.1) is 13.1 Å². The second-order valence-electron chi connectivity index (χ2n) is 3.94. The fourth-order valence-electron chi connectivity index (χ4n) is 1.19. The van der Waals surface area contributed by atoms with Gasteiger partial charge in [0.1, 0.15) is 10.0 Å². The van der Waals surface area contributed by atoms with Crippen LogP contribution in [0.4, 0.5) is 0 Å². The predicted molar refractivity (Wildman–Crippen MR) is 75.6 cm³/mol. The van der Waals surface area contributed by atoms with Crippen LogP contribution in [0.5, 0.6) is 0 Å². The quantitative estimate of drug-likeness (QED) is 0.479. The van der Waals surface area contributed by atoms with Crippen LogP contribution in [0.3, 0.4) is 0 Å². The number of hydrogen-bond acceptors (Lipinski definition) is 4. The SMILES string of the molecule is C#CCNC(=NCc1nnc(C(C)C)s1)NCC. The Morgan fingerprint density at radius 2 is 2.22 bits per heavy atom. The Kier molecular flexibility index (Phi) is 6.15. The summed E-state index contributed by atoms with van der Waals surface area (Å²) in [5.41, 5.74) is 0. The third kappa shape index (κ3) is 4.72. The molecule has 0 fully saturated rings. The van der Waals surface area contributed by atoms with Gasteiger partial charge in [-0.2, -0.15) is 0 Å². The molecule has 1 aromatic heterocycles. The maximum Gasteiger partial charge on any atom is 0.192 e. The predicted octanol–water partition coefficient (Wildman–Crippen LogP) is 1.35. The van der Waals surface area contributed by atoms with Gasteiger partial charge in [0.2, 0.25) is 0 Å². The summed E-state index contributed by atoms with van der Waals surface area (Å²) in [5.74, 6) is 3.63. The molecule has 0 atom stereocenters. The summed E-state index contributed by atoms with van der Waals surface area (Å²) in [6.07, 6.45) is 5.20. The van der Waals surface area contributed by atoms with Gasteiger partial charge in [0.15, 0.2) is 5.96 Å². The first-order valence-electron chi connectivity index (χ1n) is 5.95. The van der Waals surface area contributed by atoms with Crippen LogP contribution in [0.25, 0.3) is 0 Å². The summed E-state index contributed by atoms with van der Waals surface area (Å²) in [7, 11) is 0. The van der Waals surface area contributed by atoms with Gasteiger partial charge in [-0.25, -0.2) is 4.99 Å². The van der Waals surface area contributed by atoms with E-state index in [0.29, 0.717) is 25.0 Å². The third-order valence-electron chi connectivity index (χ3n) is 2.05. The Bertz CT molecular complexity index is 430. The molecule has 1 heterocycles. The number of aromatic nitrogens is 2. The zero-order valence-electron chi connectivity index (χ0n) is 11.0. The fraction of sp³-hybridized carbons (Fsp3) is 0.583. The molecule has 0 spiro atoms. The number of aliphatic imine (C=N–C) groups is 1. The van der Waals surface area contributed by atoms with Crippen molar-refractivity contribution in [3.63, 3.8) is 0 Å². The zero-order valence-corrected chi connectivity index (χ0v) is 11.8. The van der Waals surface area contributed by atoms with Crippen molar-refractivity contribution in [2.45, 2.75) is 33.2 Å². The Hall–Kier alpha value is -1.61. The van der Waals surface area contributed by atoms with Gasteiger partial charge in [0, 0.05) is 12.5 Å². The van der Waals surface area contributed by atoms with Gasteiger partial charge in [-0.15, -0.1) is 16.6 Å². The lowest BCUT2D eigenvalue weighted by molar-refractivity contribution is 0.813. The van der Waals surface area contributed by atoms with E-state index in [2.05, 4.69) is 45.6 Å². The lowest BCUT2D eigenvalue weighted by Gasteiger charge is -2.07. The van der Waals surface area contributed by atoms with Crippen LogP contribution in [0.1, 0.15) is 36.7 Å². The second-order valence-corrected chi connectivity index (χ2v) is 5.04. The van der Waals surface area contributed by atoms with Gasteiger partial charge in [0.25, 0.3) is 0 Å². The largest absolute Gasteiger partial charge is 0.357 e. The van der Waals surface area contributed by atoms with Crippen molar-refractivity contribution in [3.05, 3.63) is 10.0 Å². The van der Waals surface area contributed by atoms with E-state index in [1.807, 2.05) is 6.92 Å². The molecule has 0 saturated heterocycles. The molecule has 98 valence electrons. The minimum atomic E-state index is 0.410. The Morgan fingerprint density at radius 1 is 1.44 bits per heavy atom. The van der Waals surface area contributed by atoms with Crippen molar-refractivity contribution in [2.24, 2.45) is 4.99 Å². The zero-order chi connectivity index (χ0) is 13.4. The van der Waals surface area contributed by atoms with E-state index in [9.17, 15) is 0 Å². The van der Waals surface area contributed by atoms with Crippen LogP contribution in [0, 0.1) is 12.3 Å². The molecule has 5 nitrogen and oxygen atoms in total. The third-order valence-corrected chi connectivity index (χ3v) is 3.26. The maximum atomic E-state index is 5.20. The number of rotatable bonds is 5. The Morgan fingerprint density at radius 3 is 2.78 bits per heavy atom. The van der Waals surface area contributed by atoms with Gasteiger partial charge >= 0.3 is 0 Å². The average molecular weight is 265 g/mol. The monoisotopic (exact) mass is 265 g/mol. The minimum absolute atomic E-state index is 0.410. The van der Waals surface area contributed by atoms with Crippen molar-refractivity contribution in [2.75, 3.05) is 13.1 Å². The molecule has 1 aromatic rings. The normalized spacial score (nSPS) is 11.4. The molecule has 0 aliphatic carbocycles. The van der Waals surface area contributed by atoms with E-state index in [0.717, 1.165) is 16.6 Å². The van der Waals surface area contributed by atoms with Gasteiger partial charge in [-0.3, -0.25) is 0 Å². The maximum absolute atomic E-state index is 5.20. The van der Waals surface area contributed by atoms with E-state index in [4.69, 9.17) is 6.42 Å². The Labute approximate surface area is 112 Å². The molecule has 18 heavy (non-hydrogen) atoms. The fourth-order valence-corrected chi connectivity index (χ4v) is 1.96. The van der Waals surface area contributed by atoms with Gasteiger partial charge in [-0.05, 0) is 6.92 Å². The highest BCUT2D eigenvalue weighted by Gasteiger charge is 2.07. The summed E-state index contributed by atoms with van der Waals surface area (Å²) in [6, 6.07) is 0. The van der Waals surface area contributed by atoms with Gasteiger partial charge < -0.3 is 10.6 Å². The van der Waals surface area contributed by atoms with Crippen LogP contribution >= 0.6 is 11.3 Å². The Balaban J connectivity index is 2.60. The van der Waals surface area contributed by atoms with Crippen LogP contribution in [0.2, 0.25) is 0 Å². The smallest absolute Gasteiger partial charge is 0.192 e. The highest BCUT2D eigenvalue weighted by atomic mass is 32.1. The van der Waals surface area contributed by atoms with Crippen molar-refractivity contribution < 1.29 is 0 Å². The number of nitrogens with zero attached hydrogens (tertiary/aromatic N) is 3. The molecule has 0 bridgehead atoms. The average Bonchev–Trinajstić information content (AvgIpc) is 2.81. The first kappa shape index (κ1) is 14.5. The van der Waals surface area contributed by atoms with E-state index >= 15 is 0 Å². The highest BCUT2D eigenvalue weighted by molar-refractivity contribution is 7.11. The second kappa shape index (κ2) is 7.67. The number of terminal acetylenes is 1. The molecule has 6 heteroatoms. The highest BCUT2D eigenvalue weighted by Crippen LogP contribution is 2.19. The molecule has 0 aromatic carbocycles. The van der Waals surface area contributed by atoms with E-state index in [-0.39, 0.29) is 0 Å². The summed E-state index contributed by atoms with van der Waals surface area (Å²) < 4.78 is 0. The molecule has 0 unspecified atom stereocenters. The van der Waals surface area contributed by atoms with Crippen molar-refractivity contribution in [3.8, 4) is 12.3 Å². The lowest BCUT2D eigenvalue weighted by Crippen LogP contribution is -2.37. The first-order chi connectivity index (χ1) is 8.67. The van der Waals surface area contributed by atoms with Crippen molar-refractivity contribution in [1.82, 2.24) is 20.8 Å².